The standard InChI is InChI=1S/C11H18N4O/c1-4-6-15(5-2)11(16)9-7-13-8-10(12-3)14-9/h7-8H,4-6H2,1-3H3,(H,12,14). The van der Waals surface area contributed by atoms with Crippen LogP contribution in [-0.4, -0.2) is 40.9 Å². The monoisotopic (exact) mass is 222 g/mol. The van der Waals surface area contributed by atoms with Crippen molar-refractivity contribution < 1.29 is 4.79 Å². The van der Waals surface area contributed by atoms with Crippen molar-refractivity contribution in [2.45, 2.75) is 20.3 Å². The number of rotatable bonds is 5. The first-order chi connectivity index (χ1) is 7.72. The van der Waals surface area contributed by atoms with Gasteiger partial charge in [0, 0.05) is 20.1 Å². The molecule has 0 radical (unpaired) electrons. The normalized spacial score (nSPS) is 9.94. The van der Waals surface area contributed by atoms with E-state index in [2.05, 4.69) is 15.3 Å². The van der Waals surface area contributed by atoms with E-state index < -0.39 is 0 Å². The molecule has 0 unspecified atom stereocenters. The third-order valence-corrected chi connectivity index (χ3v) is 2.27. The van der Waals surface area contributed by atoms with Crippen LogP contribution < -0.4 is 5.32 Å². The lowest BCUT2D eigenvalue weighted by Gasteiger charge is -2.19. The van der Waals surface area contributed by atoms with Crippen molar-refractivity contribution in [1.29, 1.82) is 0 Å². The van der Waals surface area contributed by atoms with Crippen LogP contribution in [0.5, 0.6) is 0 Å². The Morgan fingerprint density at radius 2 is 2.19 bits per heavy atom. The molecule has 1 heterocycles. The van der Waals surface area contributed by atoms with Crippen molar-refractivity contribution in [2.75, 3.05) is 25.5 Å². The molecule has 1 rings (SSSR count). The van der Waals surface area contributed by atoms with Crippen LogP contribution in [0.1, 0.15) is 30.8 Å². The van der Waals surface area contributed by atoms with E-state index in [9.17, 15) is 4.79 Å². The van der Waals surface area contributed by atoms with Crippen LogP contribution in [0.25, 0.3) is 0 Å². The number of hydrogen-bond acceptors (Lipinski definition) is 4. The zero-order chi connectivity index (χ0) is 12.0. The summed E-state index contributed by atoms with van der Waals surface area (Å²) >= 11 is 0. The van der Waals surface area contributed by atoms with Gasteiger partial charge in [-0.25, -0.2) is 4.98 Å². The maximum atomic E-state index is 12.0. The lowest BCUT2D eigenvalue weighted by molar-refractivity contribution is 0.0758. The molecular weight excluding hydrogens is 204 g/mol. The molecule has 1 aromatic rings. The number of anilines is 1. The molecule has 5 nitrogen and oxygen atoms in total. The molecule has 0 aliphatic carbocycles. The molecule has 1 N–H and O–H groups in total. The molecule has 0 bridgehead atoms. The summed E-state index contributed by atoms with van der Waals surface area (Å²) in [6.07, 6.45) is 4.03. The molecule has 88 valence electrons. The van der Waals surface area contributed by atoms with Crippen LogP contribution in [0.2, 0.25) is 0 Å². The predicted molar refractivity (Wildman–Crippen MR) is 63.4 cm³/mol. The first kappa shape index (κ1) is 12.4. The average molecular weight is 222 g/mol. The van der Waals surface area contributed by atoms with Crippen molar-refractivity contribution in [1.82, 2.24) is 14.9 Å². The van der Waals surface area contributed by atoms with Gasteiger partial charge in [-0.1, -0.05) is 6.92 Å². The summed E-state index contributed by atoms with van der Waals surface area (Å²) in [6.45, 7) is 5.45. The Morgan fingerprint density at radius 3 is 2.75 bits per heavy atom. The third kappa shape index (κ3) is 2.92. The van der Waals surface area contributed by atoms with Crippen molar-refractivity contribution in [3.63, 3.8) is 0 Å². The molecule has 0 atom stereocenters. The Morgan fingerprint density at radius 1 is 1.44 bits per heavy atom. The van der Waals surface area contributed by atoms with Crippen molar-refractivity contribution in [2.24, 2.45) is 0 Å². The molecule has 0 spiro atoms. The van der Waals surface area contributed by atoms with Gasteiger partial charge in [0.25, 0.3) is 5.91 Å². The summed E-state index contributed by atoms with van der Waals surface area (Å²) in [4.78, 5) is 22.0. The molecule has 1 amide bonds. The van der Waals surface area contributed by atoms with E-state index >= 15 is 0 Å². The lowest BCUT2D eigenvalue weighted by Crippen LogP contribution is -2.32. The van der Waals surface area contributed by atoms with Gasteiger partial charge < -0.3 is 10.2 Å². The number of carbonyl (C=O) groups excluding carboxylic acids is 1. The fourth-order valence-corrected chi connectivity index (χ4v) is 1.42. The second-order valence-corrected chi connectivity index (χ2v) is 3.42. The van der Waals surface area contributed by atoms with Gasteiger partial charge in [0.15, 0.2) is 0 Å². The fourth-order valence-electron chi connectivity index (χ4n) is 1.42. The number of nitrogens with zero attached hydrogens (tertiary/aromatic N) is 3. The number of carbonyl (C=O) groups is 1. The number of aromatic nitrogens is 2. The van der Waals surface area contributed by atoms with E-state index in [0.717, 1.165) is 13.0 Å². The molecule has 0 saturated heterocycles. The molecular formula is C11H18N4O. The summed E-state index contributed by atoms with van der Waals surface area (Å²) in [5, 5.41) is 2.87. The molecule has 0 aliphatic heterocycles. The highest BCUT2D eigenvalue weighted by molar-refractivity contribution is 5.92. The van der Waals surface area contributed by atoms with Gasteiger partial charge in [0.05, 0.1) is 12.4 Å². The Balaban J connectivity index is 2.85. The van der Waals surface area contributed by atoms with E-state index in [4.69, 9.17) is 0 Å². The molecule has 0 aromatic carbocycles. The summed E-state index contributed by atoms with van der Waals surface area (Å²) in [6, 6.07) is 0. The maximum absolute atomic E-state index is 12.0. The van der Waals surface area contributed by atoms with Crippen molar-refractivity contribution in [3.8, 4) is 0 Å². The van der Waals surface area contributed by atoms with E-state index in [-0.39, 0.29) is 5.91 Å². The van der Waals surface area contributed by atoms with Crippen LogP contribution in [-0.2, 0) is 0 Å². The molecule has 16 heavy (non-hydrogen) atoms. The van der Waals surface area contributed by atoms with Crippen LogP contribution in [0, 0.1) is 0 Å². The first-order valence-corrected chi connectivity index (χ1v) is 5.52. The second kappa shape index (κ2) is 6.05. The van der Waals surface area contributed by atoms with Gasteiger partial charge in [-0.3, -0.25) is 9.78 Å². The summed E-state index contributed by atoms with van der Waals surface area (Å²) in [7, 11) is 1.75. The second-order valence-electron chi connectivity index (χ2n) is 3.42. The average Bonchev–Trinajstić information content (AvgIpc) is 2.35. The van der Waals surface area contributed by atoms with E-state index in [0.29, 0.717) is 18.1 Å². The number of hydrogen-bond donors (Lipinski definition) is 1. The Hall–Kier alpha value is -1.65. The Bertz CT molecular complexity index is 354. The summed E-state index contributed by atoms with van der Waals surface area (Å²) in [5.41, 5.74) is 0.391. The van der Waals surface area contributed by atoms with Gasteiger partial charge in [0.2, 0.25) is 0 Å². The van der Waals surface area contributed by atoms with Gasteiger partial charge in [0.1, 0.15) is 11.5 Å². The minimum atomic E-state index is -0.0612. The Kier molecular flexibility index (Phi) is 4.69. The molecule has 0 saturated carbocycles. The number of amides is 1. The topological polar surface area (TPSA) is 58.1 Å². The van der Waals surface area contributed by atoms with Crippen LogP contribution in [0.4, 0.5) is 5.82 Å². The largest absolute Gasteiger partial charge is 0.372 e. The Labute approximate surface area is 95.9 Å². The first-order valence-electron chi connectivity index (χ1n) is 5.52. The minimum absolute atomic E-state index is 0.0612. The molecule has 1 aromatic heterocycles. The smallest absolute Gasteiger partial charge is 0.274 e. The van der Waals surface area contributed by atoms with E-state index in [1.165, 1.54) is 6.20 Å². The summed E-state index contributed by atoms with van der Waals surface area (Å²) in [5.74, 6) is 0.548. The molecule has 0 aliphatic rings. The van der Waals surface area contributed by atoms with Crippen molar-refractivity contribution >= 4 is 11.7 Å². The minimum Gasteiger partial charge on any atom is -0.372 e. The van der Waals surface area contributed by atoms with Gasteiger partial charge >= 0.3 is 0 Å². The van der Waals surface area contributed by atoms with Crippen molar-refractivity contribution in [3.05, 3.63) is 18.1 Å². The lowest BCUT2D eigenvalue weighted by atomic mass is 10.3. The maximum Gasteiger partial charge on any atom is 0.274 e. The zero-order valence-corrected chi connectivity index (χ0v) is 10.0. The highest BCUT2D eigenvalue weighted by Crippen LogP contribution is 2.05. The van der Waals surface area contributed by atoms with E-state index in [1.807, 2.05) is 13.8 Å². The predicted octanol–water partition coefficient (Wildman–Crippen LogP) is 1.39. The fraction of sp³-hybridized carbons (Fsp3) is 0.545. The van der Waals surface area contributed by atoms with Gasteiger partial charge in [-0.05, 0) is 13.3 Å². The zero-order valence-electron chi connectivity index (χ0n) is 10.0. The molecule has 0 fully saturated rings. The summed E-state index contributed by atoms with van der Waals surface area (Å²) < 4.78 is 0. The SMILES string of the molecule is CCCN(CC)C(=O)c1cncc(NC)n1. The molecule has 5 heteroatoms. The van der Waals surface area contributed by atoms with Gasteiger partial charge in [-0.2, -0.15) is 0 Å². The van der Waals surface area contributed by atoms with E-state index in [1.54, 1.807) is 18.1 Å². The van der Waals surface area contributed by atoms with Gasteiger partial charge in [-0.15, -0.1) is 0 Å². The van der Waals surface area contributed by atoms with Crippen LogP contribution in [0.15, 0.2) is 12.4 Å². The number of nitrogens with one attached hydrogen (secondary N) is 1. The third-order valence-electron chi connectivity index (χ3n) is 2.27. The highest BCUT2D eigenvalue weighted by atomic mass is 16.2. The van der Waals surface area contributed by atoms with Crippen LogP contribution >= 0.6 is 0 Å². The quantitative estimate of drug-likeness (QED) is 0.818. The highest BCUT2D eigenvalue weighted by Gasteiger charge is 2.15. The van der Waals surface area contributed by atoms with Crippen LogP contribution in [0.3, 0.4) is 0 Å².